The quantitative estimate of drug-likeness (QED) is 0.149. The van der Waals surface area contributed by atoms with E-state index in [9.17, 15) is 0 Å². The third-order valence-electron chi connectivity index (χ3n) is 19.8. The first-order chi connectivity index (χ1) is 46.7. The zero-order valence-corrected chi connectivity index (χ0v) is 49.3. The van der Waals surface area contributed by atoms with Crippen LogP contribution in [0.1, 0.15) is 43.1 Å². The van der Waals surface area contributed by atoms with Gasteiger partial charge in [-0.3, -0.25) is 9.13 Å². The fourth-order valence-electron chi connectivity index (χ4n) is 16.2. The number of aromatic nitrogens is 25. The molecule has 2 atom stereocenters. The van der Waals surface area contributed by atoms with Gasteiger partial charge in [0.2, 0.25) is 46.5 Å². The van der Waals surface area contributed by atoms with Gasteiger partial charge < -0.3 is 0 Å². The monoisotopic (exact) mass is 1220 g/mol. The van der Waals surface area contributed by atoms with Crippen LogP contribution in [0, 0.1) is 0 Å². The summed E-state index contributed by atoms with van der Waals surface area (Å²) >= 11 is 0. The highest BCUT2D eigenvalue weighted by Gasteiger charge is 2.52. The number of fused-ring (bicyclic) bond motifs is 33. The lowest BCUT2D eigenvalue weighted by atomic mass is 10.3. The highest BCUT2D eigenvalue weighted by atomic mass is 15.5. The second-order valence-electron chi connectivity index (χ2n) is 24.3. The highest BCUT2D eigenvalue weighted by molar-refractivity contribution is 5.84. The lowest BCUT2D eigenvalue weighted by molar-refractivity contribution is -0.716. The minimum Gasteiger partial charge on any atom is -0.256 e. The summed E-state index contributed by atoms with van der Waals surface area (Å²) in [4.78, 5) is 45.4. The van der Waals surface area contributed by atoms with Crippen LogP contribution in [-0.2, 0) is 6.42 Å². The first-order valence-electron chi connectivity index (χ1n) is 31.1. The molecule has 25 nitrogen and oxygen atoms in total. The maximum atomic E-state index is 4.91. The van der Waals surface area contributed by atoms with Crippen molar-refractivity contribution in [1.82, 2.24) is 95.5 Å². The summed E-state index contributed by atoms with van der Waals surface area (Å²) in [7, 11) is 0. The predicted molar refractivity (Wildman–Crippen MR) is 333 cm³/mol. The fraction of sp³-hybridized carbons (Fsp3) is 0.0870. The van der Waals surface area contributed by atoms with Gasteiger partial charge in [0, 0.05) is 135 Å². The van der Waals surface area contributed by atoms with Crippen LogP contribution in [0.25, 0.3) is 126 Å². The van der Waals surface area contributed by atoms with Crippen molar-refractivity contribution in [3.63, 3.8) is 0 Å². The van der Waals surface area contributed by atoms with Crippen molar-refractivity contribution in [3.8, 4) is 104 Å². The van der Waals surface area contributed by atoms with Crippen molar-refractivity contribution in [1.29, 1.82) is 0 Å². The summed E-state index contributed by atoms with van der Waals surface area (Å²) in [6, 6.07) is 48.1. The molecule has 0 radical (unpaired) electrons. The van der Waals surface area contributed by atoms with Crippen molar-refractivity contribution in [3.05, 3.63) is 250 Å². The van der Waals surface area contributed by atoms with E-state index in [0.717, 1.165) is 132 Å². The van der Waals surface area contributed by atoms with Crippen LogP contribution in [0.3, 0.4) is 0 Å². The van der Waals surface area contributed by atoms with Crippen LogP contribution in [0.4, 0.5) is 0 Å². The first-order valence-corrected chi connectivity index (χ1v) is 31.1. The van der Waals surface area contributed by atoms with Crippen molar-refractivity contribution >= 4 is 22.1 Å². The molecule has 17 aromatic rings. The molecule has 10 aliphatic heterocycles. The minimum absolute atomic E-state index is 0.0241. The predicted octanol–water partition coefficient (Wildman–Crippen LogP) is 6.63. The second-order valence-corrected chi connectivity index (χ2v) is 24.3. The van der Waals surface area contributed by atoms with Crippen LogP contribution < -0.4 is 22.8 Å². The minimum atomic E-state index is 0.0241. The van der Waals surface area contributed by atoms with Crippen molar-refractivity contribution in [2.45, 2.75) is 37.9 Å². The Hall–Kier alpha value is -13.2. The molecule has 25 heteroatoms. The van der Waals surface area contributed by atoms with Crippen LogP contribution in [0.5, 0.6) is 0 Å². The van der Waals surface area contributed by atoms with Gasteiger partial charge in [0.1, 0.15) is 23.0 Å². The summed E-state index contributed by atoms with van der Waals surface area (Å²) in [5, 5.41) is 0. The lowest BCUT2D eigenvalue weighted by Crippen LogP contribution is -2.46. The van der Waals surface area contributed by atoms with Gasteiger partial charge in [-0.25, -0.2) is 86.4 Å². The molecule has 0 spiro atoms. The Kier molecular flexibility index (Phi) is 9.01. The molecule has 94 heavy (non-hydrogen) atoms. The van der Waals surface area contributed by atoms with E-state index in [-0.39, 0.29) is 31.4 Å². The molecular weight excluding hydrogens is 1180 g/mol. The topological polar surface area (TPSA) is 198 Å². The Morgan fingerprint density at radius 2 is 0.702 bits per heavy atom. The van der Waals surface area contributed by atoms with E-state index in [1.54, 1.807) is 0 Å². The molecule has 27 rings (SSSR count). The summed E-state index contributed by atoms with van der Waals surface area (Å²) < 4.78 is 33.7. The molecule has 0 fully saturated rings. The van der Waals surface area contributed by atoms with Gasteiger partial charge in [-0.1, -0.05) is 24.3 Å². The number of hydrogen-bond donors (Lipinski definition) is 0. The standard InChI is InChI=1S/C20H12N5.C13H10N5.3C12H8N5/c1-3-8-14-12(6-1)21-18-16-10-5-11-17-19-22-13-7-2-4-9-15(13)25(19)20(23(16)17)24(14)18;1-2-5-16-9(3-1)10-8-15-12-7-11-14-4-6-17(11)13(16)18(10)12;2*1-2-8-10-13-4-6-15(10)12-16-7-5-14-11(16)9(3-1)17(8)12;1-2-5-15-8(3-1)11-14-7-9-10-13-4-6-16(10)12(15)17(9)11/h1-11,20H;1-6,8,13H,7H2;3*1-7,12H/q5*+1. The van der Waals surface area contributed by atoms with Crippen LogP contribution >= 0.6 is 0 Å². The molecule has 0 bridgehead atoms. The van der Waals surface area contributed by atoms with Crippen LogP contribution in [0.2, 0.25) is 0 Å². The highest BCUT2D eigenvalue weighted by Crippen LogP contribution is 2.44. The summed E-state index contributed by atoms with van der Waals surface area (Å²) in [5.41, 5.74) is 15.9. The summed E-state index contributed by atoms with van der Waals surface area (Å²) in [6.07, 6.45) is 32.7. The molecule has 442 valence electrons. The molecule has 0 amide bonds. The van der Waals surface area contributed by atoms with Crippen molar-refractivity contribution in [2.75, 3.05) is 0 Å². The van der Waals surface area contributed by atoms with Gasteiger partial charge in [-0.15, -0.1) is 13.7 Å². The number of benzene rings is 2. The molecule has 0 aliphatic carbocycles. The Morgan fingerprint density at radius 1 is 0.287 bits per heavy atom. The Labute approximate surface area is 529 Å². The maximum absolute atomic E-state index is 4.91. The van der Waals surface area contributed by atoms with Gasteiger partial charge in [-0.05, 0) is 54.6 Å². The molecule has 0 saturated carbocycles. The molecule has 10 aliphatic rings. The Morgan fingerprint density at radius 3 is 1.26 bits per heavy atom. The fourth-order valence-corrected chi connectivity index (χ4v) is 16.2. The van der Waals surface area contributed by atoms with Gasteiger partial charge >= 0.3 is 31.4 Å². The number of pyridine rings is 5. The third kappa shape index (κ3) is 5.97. The van der Waals surface area contributed by atoms with Crippen LogP contribution in [0.15, 0.2) is 239 Å². The number of imidazole rings is 10. The number of hydrogen-bond acceptors (Lipinski definition) is 10. The number of rotatable bonds is 0. The van der Waals surface area contributed by atoms with Crippen molar-refractivity contribution < 1.29 is 22.8 Å². The molecule has 2 aromatic carbocycles. The van der Waals surface area contributed by atoms with E-state index >= 15 is 0 Å². The van der Waals surface area contributed by atoms with E-state index < -0.39 is 0 Å². The largest absolute Gasteiger partial charge is 0.329 e. The van der Waals surface area contributed by atoms with E-state index in [1.807, 2.05) is 111 Å². The lowest BCUT2D eigenvalue weighted by Gasteiger charge is -2.20. The zero-order valence-electron chi connectivity index (χ0n) is 49.3. The number of para-hydroxylation sites is 4. The maximum Gasteiger partial charge on any atom is 0.329 e. The van der Waals surface area contributed by atoms with Gasteiger partial charge in [0.25, 0.3) is 39.9 Å². The van der Waals surface area contributed by atoms with E-state index in [2.05, 4.69) is 236 Å². The van der Waals surface area contributed by atoms with E-state index in [0.29, 0.717) is 0 Å². The smallest absolute Gasteiger partial charge is 0.256 e. The third-order valence-corrected chi connectivity index (χ3v) is 19.8. The van der Waals surface area contributed by atoms with Crippen molar-refractivity contribution in [2.24, 2.45) is 0 Å². The molecule has 2 unspecified atom stereocenters. The molecule has 0 N–H and O–H groups in total. The van der Waals surface area contributed by atoms with Crippen LogP contribution in [-0.4, -0.2) is 95.5 Å². The van der Waals surface area contributed by atoms with E-state index in [1.165, 1.54) is 11.4 Å². The van der Waals surface area contributed by atoms with Gasteiger partial charge in [-0.2, -0.15) is 9.13 Å². The van der Waals surface area contributed by atoms with E-state index in [4.69, 9.17) is 9.97 Å². The summed E-state index contributed by atoms with van der Waals surface area (Å²) in [5.74, 6) is 10.3. The average molecular weight is 1230 g/mol. The molecule has 15 aromatic heterocycles. The Balaban J connectivity index is 0.0000000753. The molecule has 0 saturated heterocycles. The summed E-state index contributed by atoms with van der Waals surface area (Å²) in [6.45, 7) is 0. The zero-order chi connectivity index (χ0) is 60.8. The van der Waals surface area contributed by atoms with Gasteiger partial charge in [0.05, 0.1) is 40.9 Å². The first kappa shape index (κ1) is 48.7. The average Bonchev–Trinajstić information content (AvgIpc) is 1.54. The Bertz CT molecular complexity index is 5790. The normalized spacial score (nSPS) is 15.9. The number of nitrogens with zero attached hydrogens (tertiary/aromatic N) is 25. The molecule has 25 heterocycles. The molecular formula is C69H46N25+5. The SMILES string of the molecule is c1cc2[n+]3c(c1)-c1nc4ccccc4n1C3n1c-2nc2ccccc21.c1cc2[n+]3c(c1)-c1nccn1C3n1ccnc1-2.c1cc2[n+]3c(c1)-c1nccn1C3n1ccnc1-2.c1cc[n+]2c(c1)-c1cnc3n1C2n1ccnc1C3.c1cc[n+]2c(c1)-c1ncc3n1C2n1ccnc1-3. The van der Waals surface area contributed by atoms with Gasteiger partial charge in [0.15, 0.2) is 18.2 Å². The second kappa shape index (κ2) is 17.4.